The molecule has 6 heteroatoms. The summed E-state index contributed by atoms with van der Waals surface area (Å²) >= 11 is 0. The van der Waals surface area contributed by atoms with E-state index in [9.17, 15) is 9.90 Å². The topological polar surface area (TPSA) is 101 Å². The molecule has 0 fully saturated rings. The van der Waals surface area contributed by atoms with E-state index in [1.54, 1.807) is 24.3 Å². The molecule has 3 rings (SSSR count). The number of rotatable bonds is 3. The van der Waals surface area contributed by atoms with Gasteiger partial charge in [-0.2, -0.15) is 5.10 Å². The van der Waals surface area contributed by atoms with Crippen molar-refractivity contribution in [1.82, 2.24) is 9.97 Å². The normalized spacial score (nSPS) is 10.5. The predicted octanol–water partition coefficient (Wildman–Crippen LogP) is 2.78. The Kier molecular flexibility index (Phi) is 6.36. The van der Waals surface area contributed by atoms with Gasteiger partial charge in [0.2, 0.25) is 0 Å². The third-order valence-corrected chi connectivity index (χ3v) is 3.24. The number of benzene rings is 2. The number of nitrogens with two attached hydrogens (primary N) is 1. The summed E-state index contributed by atoms with van der Waals surface area (Å²) in [6.45, 7) is 1.46. The Balaban J connectivity index is 0.000000212. The number of ketones is 1. The smallest absolute Gasteiger partial charge is 0.179 e. The lowest BCUT2D eigenvalue weighted by molar-refractivity contribution is 0.101. The molecular formula is C19H18N4O2. The summed E-state index contributed by atoms with van der Waals surface area (Å²) in [6.07, 6.45) is 4.48. The largest absolute Gasteiger partial charge is 0.508 e. The fraction of sp³-hybridized carbons (Fsp3) is 0.0526. The van der Waals surface area contributed by atoms with Crippen molar-refractivity contribution in [3.05, 3.63) is 90.0 Å². The zero-order valence-electron chi connectivity index (χ0n) is 13.7. The number of hydrogen-bond donors (Lipinski definition) is 2. The van der Waals surface area contributed by atoms with E-state index in [4.69, 9.17) is 5.84 Å². The molecule has 0 radical (unpaired) electrons. The monoisotopic (exact) mass is 334 g/mol. The van der Waals surface area contributed by atoms with E-state index in [1.165, 1.54) is 25.5 Å². The third-order valence-electron chi connectivity index (χ3n) is 3.24. The molecule has 2 aromatic carbocycles. The zero-order valence-corrected chi connectivity index (χ0v) is 13.7. The summed E-state index contributed by atoms with van der Waals surface area (Å²) in [5, 5.41) is 13.0. The Morgan fingerprint density at radius 2 is 1.64 bits per heavy atom. The average Bonchev–Trinajstić information content (AvgIpc) is 2.66. The van der Waals surface area contributed by atoms with Gasteiger partial charge in [0.05, 0.1) is 11.9 Å². The molecule has 25 heavy (non-hydrogen) atoms. The summed E-state index contributed by atoms with van der Waals surface area (Å²) in [6, 6.07) is 16.5. The van der Waals surface area contributed by atoms with Crippen LogP contribution in [-0.2, 0) is 0 Å². The van der Waals surface area contributed by atoms with Gasteiger partial charge in [0.1, 0.15) is 11.4 Å². The summed E-state index contributed by atoms with van der Waals surface area (Å²) in [4.78, 5) is 18.0. The average molecular weight is 334 g/mol. The molecule has 6 nitrogen and oxygen atoms in total. The van der Waals surface area contributed by atoms with E-state index in [1.807, 2.05) is 30.3 Å². The maximum absolute atomic E-state index is 10.5. The lowest BCUT2D eigenvalue weighted by Crippen LogP contribution is -2.05. The molecule has 0 aliphatic carbocycles. The molecule has 1 aromatic heterocycles. The van der Waals surface area contributed by atoms with Gasteiger partial charge in [0.25, 0.3) is 0 Å². The molecule has 0 atom stereocenters. The van der Waals surface area contributed by atoms with Crippen LogP contribution in [0.1, 0.15) is 28.5 Å². The van der Waals surface area contributed by atoms with E-state index >= 15 is 0 Å². The van der Waals surface area contributed by atoms with Crippen molar-refractivity contribution in [2.75, 3.05) is 0 Å². The van der Waals surface area contributed by atoms with Crippen molar-refractivity contribution in [3.63, 3.8) is 0 Å². The van der Waals surface area contributed by atoms with Crippen LogP contribution in [0.5, 0.6) is 5.75 Å². The van der Waals surface area contributed by atoms with Gasteiger partial charge in [-0.25, -0.2) is 4.98 Å². The van der Waals surface area contributed by atoms with Crippen LogP contribution in [0, 0.1) is 0 Å². The van der Waals surface area contributed by atoms with Crippen LogP contribution in [0.4, 0.5) is 0 Å². The molecule has 0 unspecified atom stereocenters. The number of phenols is 1. The predicted molar refractivity (Wildman–Crippen MR) is 96.4 cm³/mol. The number of carbonyl (C=O) groups excluding carboxylic acids is 1. The van der Waals surface area contributed by atoms with E-state index in [2.05, 4.69) is 15.1 Å². The minimum absolute atomic E-state index is 0.0527. The molecule has 0 aliphatic heterocycles. The van der Waals surface area contributed by atoms with Gasteiger partial charge in [0.15, 0.2) is 5.78 Å². The summed E-state index contributed by atoms with van der Waals surface area (Å²) in [7, 11) is 0. The standard InChI is InChI=1S/C13H12N2O.C6H6N2O/c14-15-13(10-4-2-1-3-5-10)11-6-8-12(16)9-7-11;1-5(9)6-4-7-2-3-8-6/h1-9,16H,14H2;2-4H,1H3. The summed E-state index contributed by atoms with van der Waals surface area (Å²) in [5.74, 6) is 5.58. The first kappa shape index (κ1) is 17.8. The van der Waals surface area contributed by atoms with Crippen molar-refractivity contribution in [2.24, 2.45) is 10.9 Å². The molecule has 3 aromatic rings. The summed E-state index contributed by atoms with van der Waals surface area (Å²) in [5.41, 5.74) is 2.96. The molecule has 0 saturated carbocycles. The lowest BCUT2D eigenvalue weighted by Gasteiger charge is -2.05. The number of carbonyl (C=O) groups is 1. The van der Waals surface area contributed by atoms with Gasteiger partial charge in [-0.15, -0.1) is 0 Å². The maximum atomic E-state index is 10.5. The number of nitrogens with zero attached hydrogens (tertiary/aromatic N) is 3. The second kappa shape index (κ2) is 8.93. The van der Waals surface area contributed by atoms with E-state index in [-0.39, 0.29) is 11.5 Å². The SMILES string of the molecule is CC(=O)c1cnccn1.NN=C(c1ccccc1)c1ccc(O)cc1. The first-order valence-electron chi connectivity index (χ1n) is 7.51. The number of hydrazone groups is 1. The molecule has 126 valence electrons. The highest BCUT2D eigenvalue weighted by molar-refractivity contribution is 6.12. The Morgan fingerprint density at radius 3 is 2.12 bits per heavy atom. The molecule has 0 saturated heterocycles. The fourth-order valence-corrected chi connectivity index (χ4v) is 2.01. The molecule has 0 aliphatic rings. The molecule has 1 heterocycles. The molecule has 0 amide bonds. The second-order valence-corrected chi connectivity index (χ2v) is 5.04. The molecule has 0 bridgehead atoms. The van der Waals surface area contributed by atoms with E-state index < -0.39 is 0 Å². The summed E-state index contributed by atoms with van der Waals surface area (Å²) < 4.78 is 0. The van der Waals surface area contributed by atoms with E-state index in [0.29, 0.717) is 11.4 Å². The second-order valence-electron chi connectivity index (χ2n) is 5.04. The first-order chi connectivity index (χ1) is 12.1. The molecule has 3 N–H and O–H groups in total. The van der Waals surface area contributed by atoms with Gasteiger partial charge < -0.3 is 10.9 Å². The minimum Gasteiger partial charge on any atom is -0.508 e. The van der Waals surface area contributed by atoms with Crippen LogP contribution in [0.15, 0.2) is 78.3 Å². The Morgan fingerprint density at radius 1 is 1.00 bits per heavy atom. The number of phenolic OH excluding ortho intramolecular Hbond substituents is 1. The highest BCUT2D eigenvalue weighted by atomic mass is 16.3. The minimum atomic E-state index is -0.0527. The Hall–Kier alpha value is -3.54. The van der Waals surface area contributed by atoms with Crippen LogP contribution in [0.3, 0.4) is 0 Å². The highest BCUT2D eigenvalue weighted by Crippen LogP contribution is 2.14. The maximum Gasteiger partial charge on any atom is 0.179 e. The zero-order chi connectivity index (χ0) is 18.1. The van der Waals surface area contributed by atoms with Crippen LogP contribution in [0.25, 0.3) is 0 Å². The van der Waals surface area contributed by atoms with Crippen LogP contribution in [0.2, 0.25) is 0 Å². The van der Waals surface area contributed by atoms with E-state index in [0.717, 1.165) is 11.1 Å². The van der Waals surface area contributed by atoms with Crippen molar-refractivity contribution < 1.29 is 9.90 Å². The molecular weight excluding hydrogens is 316 g/mol. The first-order valence-corrected chi connectivity index (χ1v) is 7.51. The van der Waals surface area contributed by atoms with Crippen LogP contribution >= 0.6 is 0 Å². The number of Topliss-reactive ketones (excluding diaryl/α,β-unsaturated/α-hetero) is 1. The number of aromatic hydroxyl groups is 1. The van der Waals surface area contributed by atoms with Crippen LogP contribution in [-0.4, -0.2) is 26.6 Å². The van der Waals surface area contributed by atoms with Gasteiger partial charge in [-0.3, -0.25) is 9.78 Å². The number of hydrogen-bond acceptors (Lipinski definition) is 6. The third kappa shape index (κ3) is 5.24. The van der Waals surface area contributed by atoms with Crippen molar-refractivity contribution >= 4 is 11.5 Å². The quantitative estimate of drug-likeness (QED) is 0.332. The van der Waals surface area contributed by atoms with Crippen LogP contribution < -0.4 is 5.84 Å². The molecule has 0 spiro atoms. The van der Waals surface area contributed by atoms with Gasteiger partial charge in [-0.05, 0) is 24.3 Å². The lowest BCUT2D eigenvalue weighted by atomic mass is 10.0. The van der Waals surface area contributed by atoms with Gasteiger partial charge >= 0.3 is 0 Å². The highest BCUT2D eigenvalue weighted by Gasteiger charge is 2.05. The van der Waals surface area contributed by atoms with Crippen molar-refractivity contribution in [1.29, 1.82) is 0 Å². The van der Waals surface area contributed by atoms with Gasteiger partial charge in [-0.1, -0.05) is 30.3 Å². The van der Waals surface area contributed by atoms with Crippen molar-refractivity contribution in [2.45, 2.75) is 6.92 Å². The van der Waals surface area contributed by atoms with Gasteiger partial charge in [0, 0.05) is 30.4 Å². The Labute approximate surface area is 145 Å². The number of aromatic nitrogens is 2. The Bertz CT molecular complexity index is 832. The fourth-order valence-electron chi connectivity index (χ4n) is 2.01. The van der Waals surface area contributed by atoms with Crippen molar-refractivity contribution in [3.8, 4) is 5.75 Å².